The predicted molar refractivity (Wildman–Crippen MR) is 91.2 cm³/mol. The molecule has 118 valence electrons. The Bertz CT molecular complexity index is 1110. The summed E-state index contributed by atoms with van der Waals surface area (Å²) in [4.78, 5) is 21.2. The van der Waals surface area contributed by atoms with Crippen LogP contribution in [0.2, 0.25) is 0 Å². The number of carbonyl (C=O) groups is 1. The number of carbonyl (C=O) groups excluding carboxylic acids is 1. The van der Waals surface area contributed by atoms with E-state index in [0.717, 1.165) is 5.69 Å². The lowest BCUT2D eigenvalue weighted by atomic mass is 10.0. The van der Waals surface area contributed by atoms with Crippen LogP contribution in [0, 0.1) is 11.3 Å². The zero-order chi connectivity index (χ0) is 17.2. The van der Waals surface area contributed by atoms with E-state index in [-0.39, 0.29) is 11.5 Å². The number of nitrogens with zero attached hydrogens (tertiary/aromatic N) is 5. The Hall–Kier alpha value is -3.85. The Morgan fingerprint density at radius 2 is 1.76 bits per heavy atom. The van der Waals surface area contributed by atoms with E-state index in [2.05, 4.69) is 15.1 Å². The second-order valence-electron chi connectivity index (χ2n) is 5.37. The summed E-state index contributed by atoms with van der Waals surface area (Å²) in [6, 6.07) is 18.1. The molecule has 4 aromatic rings. The first-order valence-corrected chi connectivity index (χ1v) is 7.57. The largest absolute Gasteiger partial charge is 0.287 e. The number of hydrogen-bond acceptors (Lipinski definition) is 5. The first-order valence-electron chi connectivity index (χ1n) is 7.57. The monoisotopic (exact) mass is 325 g/mol. The van der Waals surface area contributed by atoms with Gasteiger partial charge in [0.2, 0.25) is 5.78 Å². The van der Waals surface area contributed by atoms with Crippen molar-refractivity contribution in [3.8, 4) is 11.8 Å². The number of nitriles is 1. The van der Waals surface area contributed by atoms with Crippen LogP contribution >= 0.6 is 0 Å². The third-order valence-corrected chi connectivity index (χ3v) is 3.86. The molecule has 4 rings (SSSR count). The van der Waals surface area contributed by atoms with Gasteiger partial charge < -0.3 is 0 Å². The average molecular weight is 325 g/mol. The SMILES string of the molecule is N#Cc1ccc(C(=O)c2ncnc3c2cnn3-c2ccccc2)cc1. The summed E-state index contributed by atoms with van der Waals surface area (Å²) in [6.07, 6.45) is 2.96. The molecular weight excluding hydrogens is 314 g/mol. The van der Waals surface area contributed by atoms with Gasteiger partial charge in [-0.2, -0.15) is 10.4 Å². The molecule has 0 radical (unpaired) electrons. The van der Waals surface area contributed by atoms with Gasteiger partial charge in [0.1, 0.15) is 12.0 Å². The van der Waals surface area contributed by atoms with Crippen molar-refractivity contribution in [3.05, 3.63) is 83.9 Å². The highest BCUT2D eigenvalue weighted by Crippen LogP contribution is 2.20. The van der Waals surface area contributed by atoms with E-state index in [4.69, 9.17) is 5.26 Å². The molecule has 0 fully saturated rings. The predicted octanol–water partition coefficient (Wildman–Crippen LogP) is 2.92. The number of hydrogen-bond donors (Lipinski definition) is 0. The standard InChI is InChI=1S/C19H11N5O/c20-10-13-6-8-14(9-7-13)18(25)17-16-11-23-24(19(16)22-12-21-17)15-4-2-1-3-5-15/h1-9,11-12H. The van der Waals surface area contributed by atoms with Crippen LogP contribution < -0.4 is 0 Å². The minimum atomic E-state index is -0.232. The fourth-order valence-electron chi connectivity index (χ4n) is 2.62. The summed E-state index contributed by atoms with van der Waals surface area (Å²) in [7, 11) is 0. The molecule has 0 spiro atoms. The number of para-hydroxylation sites is 1. The van der Waals surface area contributed by atoms with Crippen LogP contribution in [-0.4, -0.2) is 25.5 Å². The molecule has 0 aliphatic rings. The molecule has 0 saturated heterocycles. The zero-order valence-electron chi connectivity index (χ0n) is 13.0. The highest BCUT2D eigenvalue weighted by Gasteiger charge is 2.18. The second-order valence-corrected chi connectivity index (χ2v) is 5.37. The Morgan fingerprint density at radius 1 is 1.00 bits per heavy atom. The average Bonchev–Trinajstić information content (AvgIpc) is 3.12. The molecule has 0 atom stereocenters. The number of aromatic nitrogens is 4. The fourth-order valence-corrected chi connectivity index (χ4v) is 2.62. The lowest BCUT2D eigenvalue weighted by Crippen LogP contribution is -2.06. The van der Waals surface area contributed by atoms with E-state index in [1.54, 1.807) is 35.1 Å². The molecule has 0 aliphatic heterocycles. The van der Waals surface area contributed by atoms with Crippen molar-refractivity contribution in [1.82, 2.24) is 19.7 Å². The topological polar surface area (TPSA) is 84.5 Å². The summed E-state index contributed by atoms with van der Waals surface area (Å²) >= 11 is 0. The maximum Gasteiger partial charge on any atom is 0.212 e. The minimum Gasteiger partial charge on any atom is -0.287 e. The Balaban J connectivity index is 1.82. The smallest absolute Gasteiger partial charge is 0.212 e. The van der Waals surface area contributed by atoms with Gasteiger partial charge >= 0.3 is 0 Å². The van der Waals surface area contributed by atoms with E-state index in [9.17, 15) is 4.79 Å². The molecule has 25 heavy (non-hydrogen) atoms. The van der Waals surface area contributed by atoms with Crippen LogP contribution in [0.3, 0.4) is 0 Å². The molecule has 0 amide bonds. The third kappa shape index (κ3) is 2.54. The van der Waals surface area contributed by atoms with Crippen molar-refractivity contribution in [3.63, 3.8) is 0 Å². The Morgan fingerprint density at radius 3 is 2.48 bits per heavy atom. The number of ketones is 1. The molecule has 6 heteroatoms. The van der Waals surface area contributed by atoms with Gasteiger partial charge in [-0.3, -0.25) is 4.79 Å². The van der Waals surface area contributed by atoms with Crippen molar-refractivity contribution < 1.29 is 4.79 Å². The van der Waals surface area contributed by atoms with Crippen LogP contribution in [-0.2, 0) is 0 Å². The highest BCUT2D eigenvalue weighted by atomic mass is 16.1. The molecule has 0 N–H and O–H groups in total. The molecule has 2 aromatic carbocycles. The van der Waals surface area contributed by atoms with Crippen molar-refractivity contribution in [2.75, 3.05) is 0 Å². The van der Waals surface area contributed by atoms with E-state index in [0.29, 0.717) is 22.2 Å². The van der Waals surface area contributed by atoms with Crippen molar-refractivity contribution >= 4 is 16.8 Å². The van der Waals surface area contributed by atoms with Crippen molar-refractivity contribution in [1.29, 1.82) is 5.26 Å². The first kappa shape index (κ1) is 14.7. The van der Waals surface area contributed by atoms with E-state index in [1.807, 2.05) is 36.4 Å². The van der Waals surface area contributed by atoms with Crippen LogP contribution in [0.4, 0.5) is 0 Å². The summed E-state index contributed by atoms with van der Waals surface area (Å²) in [5.41, 5.74) is 2.68. The van der Waals surface area contributed by atoms with Gasteiger partial charge in [0.25, 0.3) is 0 Å². The maximum atomic E-state index is 12.8. The minimum absolute atomic E-state index is 0.232. The quantitative estimate of drug-likeness (QED) is 0.541. The van der Waals surface area contributed by atoms with Gasteiger partial charge in [-0.25, -0.2) is 14.6 Å². The number of benzene rings is 2. The molecule has 0 bridgehead atoms. The summed E-state index contributed by atoms with van der Waals surface area (Å²) in [5, 5.41) is 13.8. The number of rotatable bonds is 3. The van der Waals surface area contributed by atoms with Gasteiger partial charge in [0.05, 0.1) is 28.9 Å². The van der Waals surface area contributed by atoms with E-state index in [1.165, 1.54) is 6.33 Å². The lowest BCUT2D eigenvalue weighted by molar-refractivity contribution is 0.103. The molecule has 0 unspecified atom stereocenters. The molecule has 0 aliphatic carbocycles. The van der Waals surface area contributed by atoms with E-state index < -0.39 is 0 Å². The van der Waals surface area contributed by atoms with Gasteiger partial charge in [0, 0.05) is 5.56 Å². The van der Waals surface area contributed by atoms with Crippen molar-refractivity contribution in [2.45, 2.75) is 0 Å². The lowest BCUT2D eigenvalue weighted by Gasteiger charge is -2.04. The third-order valence-electron chi connectivity index (χ3n) is 3.86. The fraction of sp³-hybridized carbons (Fsp3) is 0. The normalized spacial score (nSPS) is 10.5. The molecular formula is C19H11N5O. The highest BCUT2D eigenvalue weighted by molar-refractivity contribution is 6.14. The summed E-state index contributed by atoms with van der Waals surface area (Å²) in [5.74, 6) is -0.232. The second kappa shape index (κ2) is 5.98. The van der Waals surface area contributed by atoms with Gasteiger partial charge in [-0.05, 0) is 36.4 Å². The Labute approximate surface area is 143 Å². The Kier molecular flexibility index (Phi) is 3.52. The zero-order valence-corrected chi connectivity index (χ0v) is 13.0. The number of fused-ring (bicyclic) bond motifs is 1. The van der Waals surface area contributed by atoms with Gasteiger partial charge in [-0.15, -0.1) is 0 Å². The summed E-state index contributed by atoms with van der Waals surface area (Å²) in [6.45, 7) is 0. The molecule has 6 nitrogen and oxygen atoms in total. The molecule has 2 aromatic heterocycles. The van der Waals surface area contributed by atoms with Crippen molar-refractivity contribution in [2.24, 2.45) is 0 Å². The van der Waals surface area contributed by atoms with Crippen LogP contribution in [0.15, 0.2) is 67.1 Å². The molecule has 0 saturated carbocycles. The van der Waals surface area contributed by atoms with E-state index >= 15 is 0 Å². The van der Waals surface area contributed by atoms with Crippen LogP contribution in [0.25, 0.3) is 16.7 Å². The van der Waals surface area contributed by atoms with Gasteiger partial charge in [0.15, 0.2) is 5.65 Å². The maximum absolute atomic E-state index is 12.8. The van der Waals surface area contributed by atoms with Gasteiger partial charge in [-0.1, -0.05) is 18.2 Å². The van der Waals surface area contributed by atoms with Crippen LogP contribution in [0.5, 0.6) is 0 Å². The molecule has 2 heterocycles. The first-order chi connectivity index (χ1) is 12.3. The van der Waals surface area contributed by atoms with Crippen LogP contribution in [0.1, 0.15) is 21.6 Å². The summed E-state index contributed by atoms with van der Waals surface area (Å²) < 4.78 is 1.67.